The number of rotatable bonds is 3. The monoisotopic (exact) mass is 267 g/mol. The molecule has 1 aliphatic heterocycles. The molecule has 1 unspecified atom stereocenters. The van der Waals surface area contributed by atoms with Gasteiger partial charge in [-0.25, -0.2) is 9.79 Å². The van der Waals surface area contributed by atoms with Crippen molar-refractivity contribution in [3.63, 3.8) is 0 Å². The van der Waals surface area contributed by atoms with Crippen LogP contribution < -0.4 is 0 Å². The molecule has 0 amide bonds. The predicted molar refractivity (Wildman–Crippen MR) is 69.2 cm³/mol. The number of aliphatic carboxylic acids is 1. The minimum absolute atomic E-state index is 0.223. The molecule has 0 aromatic carbocycles. The Labute approximate surface area is 113 Å². The smallest absolute Gasteiger partial charge is 0.363 e. The molecule has 0 bridgehead atoms. The van der Waals surface area contributed by atoms with Crippen LogP contribution in [0.3, 0.4) is 0 Å². The molecule has 0 radical (unpaired) electrons. The highest BCUT2D eigenvalue weighted by Crippen LogP contribution is 2.32. The molecule has 3 rings (SSSR count). The Morgan fingerprint density at radius 2 is 1.90 bits per heavy atom. The number of carboxylic acids is 1. The average Bonchev–Trinajstić information content (AvgIpc) is 2.96. The lowest BCUT2D eigenvalue weighted by atomic mass is 10.1. The van der Waals surface area contributed by atoms with Crippen molar-refractivity contribution in [3.8, 4) is 0 Å². The summed E-state index contributed by atoms with van der Waals surface area (Å²) in [5.74, 6) is -0.968. The number of carbonyl (C=O) groups is 1. The zero-order chi connectivity index (χ0) is 14.0. The van der Waals surface area contributed by atoms with Gasteiger partial charge in [0.15, 0.2) is 5.84 Å². The van der Waals surface area contributed by atoms with E-state index in [1.807, 2.05) is 0 Å². The van der Waals surface area contributed by atoms with Gasteiger partial charge in [0.2, 0.25) is 0 Å². The second-order valence-corrected chi connectivity index (χ2v) is 4.06. The van der Waals surface area contributed by atoms with Crippen molar-refractivity contribution in [1.29, 1.82) is 0 Å². The van der Waals surface area contributed by atoms with Crippen molar-refractivity contribution in [2.24, 2.45) is 15.2 Å². The highest BCUT2D eigenvalue weighted by molar-refractivity contribution is 6.02. The summed E-state index contributed by atoms with van der Waals surface area (Å²) in [4.78, 5) is 23.7. The largest absolute Gasteiger partial charge is 0.478 e. The minimum Gasteiger partial charge on any atom is -0.478 e. The van der Waals surface area contributed by atoms with Crippen LogP contribution in [-0.2, 0) is 10.5 Å². The maximum atomic E-state index is 11.6. The first-order chi connectivity index (χ1) is 9.72. The molecule has 0 saturated heterocycles. The average molecular weight is 267 g/mol. The first kappa shape index (κ1) is 12.1. The predicted octanol–water partition coefficient (Wildman–Crippen LogP) is 1.63. The Balaban J connectivity index is 2.10. The number of nitrogens with zero attached hydrogens (tertiary/aromatic N) is 5. The van der Waals surface area contributed by atoms with Crippen LogP contribution in [0.15, 0.2) is 64.1 Å². The molecule has 0 fully saturated rings. The summed E-state index contributed by atoms with van der Waals surface area (Å²) in [5.41, 5.74) is -0.928. The Morgan fingerprint density at radius 3 is 2.55 bits per heavy atom. The third-order valence-corrected chi connectivity index (χ3v) is 2.82. The number of azo groups is 1. The molecule has 98 valence electrons. The van der Waals surface area contributed by atoms with Gasteiger partial charge in [-0.05, 0) is 24.3 Å². The van der Waals surface area contributed by atoms with Crippen LogP contribution in [0.1, 0.15) is 11.3 Å². The van der Waals surface area contributed by atoms with Gasteiger partial charge in [0, 0.05) is 24.2 Å². The van der Waals surface area contributed by atoms with Gasteiger partial charge in [-0.15, -0.1) is 10.2 Å². The number of hydrogen-bond acceptors (Lipinski definition) is 6. The van der Waals surface area contributed by atoms with E-state index in [-0.39, 0.29) is 11.5 Å². The molecule has 3 heterocycles. The summed E-state index contributed by atoms with van der Waals surface area (Å²) in [5, 5.41) is 17.2. The highest BCUT2D eigenvalue weighted by atomic mass is 16.4. The van der Waals surface area contributed by atoms with Crippen LogP contribution in [0.5, 0.6) is 0 Å². The lowest BCUT2D eigenvalue weighted by Crippen LogP contribution is -2.31. The third-order valence-electron chi connectivity index (χ3n) is 2.82. The topological polar surface area (TPSA) is 100 Å². The maximum Gasteiger partial charge on any atom is 0.363 e. The van der Waals surface area contributed by atoms with Gasteiger partial charge >= 0.3 is 11.6 Å². The second kappa shape index (κ2) is 4.61. The van der Waals surface area contributed by atoms with Crippen molar-refractivity contribution in [2.75, 3.05) is 0 Å². The number of aromatic nitrogens is 2. The van der Waals surface area contributed by atoms with Crippen molar-refractivity contribution in [3.05, 3.63) is 60.2 Å². The van der Waals surface area contributed by atoms with Crippen LogP contribution in [0, 0.1) is 0 Å². The van der Waals surface area contributed by atoms with E-state index >= 15 is 0 Å². The fourth-order valence-electron chi connectivity index (χ4n) is 1.82. The fraction of sp³-hybridized carbons (Fsp3) is 0.0769. The van der Waals surface area contributed by atoms with Gasteiger partial charge in [-0.2, -0.15) is 0 Å². The van der Waals surface area contributed by atoms with E-state index in [0.717, 1.165) is 0 Å². The minimum atomic E-state index is -1.81. The van der Waals surface area contributed by atoms with Gasteiger partial charge < -0.3 is 5.11 Å². The maximum absolute atomic E-state index is 11.6. The standard InChI is InChI=1S/C13H9N5O2/c19-12(20)13(10-3-1-2-6-15-10)16-11(17-18-13)9-4-7-14-8-5-9/h1-8H,(H,19,20). The second-order valence-electron chi connectivity index (χ2n) is 4.06. The number of hydrogen-bond donors (Lipinski definition) is 1. The van der Waals surface area contributed by atoms with Crippen LogP contribution >= 0.6 is 0 Å². The molecule has 7 nitrogen and oxygen atoms in total. The number of pyridine rings is 2. The lowest BCUT2D eigenvalue weighted by molar-refractivity contribution is -0.143. The van der Waals surface area contributed by atoms with Gasteiger partial charge in [0.05, 0.1) is 0 Å². The summed E-state index contributed by atoms with van der Waals surface area (Å²) >= 11 is 0. The van der Waals surface area contributed by atoms with E-state index in [0.29, 0.717) is 5.56 Å². The van der Waals surface area contributed by atoms with E-state index in [4.69, 9.17) is 0 Å². The Morgan fingerprint density at radius 1 is 1.10 bits per heavy atom. The Hall–Kier alpha value is -2.96. The molecule has 2 aromatic rings. The van der Waals surface area contributed by atoms with Gasteiger partial charge in [-0.3, -0.25) is 9.97 Å². The first-order valence-corrected chi connectivity index (χ1v) is 5.80. The molecule has 7 heteroatoms. The van der Waals surface area contributed by atoms with Crippen molar-refractivity contribution >= 4 is 11.8 Å². The van der Waals surface area contributed by atoms with E-state index in [2.05, 4.69) is 25.2 Å². The Bertz CT molecular complexity index is 699. The molecule has 1 aliphatic rings. The van der Waals surface area contributed by atoms with Crippen molar-refractivity contribution < 1.29 is 9.90 Å². The molecular formula is C13H9N5O2. The molecule has 1 N–H and O–H groups in total. The molecule has 20 heavy (non-hydrogen) atoms. The quantitative estimate of drug-likeness (QED) is 0.913. The molecule has 1 atom stereocenters. The van der Waals surface area contributed by atoms with E-state index < -0.39 is 11.6 Å². The molecule has 0 spiro atoms. The van der Waals surface area contributed by atoms with Gasteiger partial charge in [0.1, 0.15) is 5.69 Å². The fourth-order valence-corrected chi connectivity index (χ4v) is 1.82. The molecule has 0 saturated carbocycles. The van der Waals surface area contributed by atoms with Gasteiger partial charge in [0.25, 0.3) is 0 Å². The van der Waals surface area contributed by atoms with Crippen LogP contribution in [0.4, 0.5) is 0 Å². The summed E-state index contributed by atoms with van der Waals surface area (Å²) in [6.45, 7) is 0. The zero-order valence-electron chi connectivity index (χ0n) is 10.2. The lowest BCUT2D eigenvalue weighted by Gasteiger charge is -2.14. The normalized spacial score (nSPS) is 20.7. The van der Waals surface area contributed by atoms with E-state index in [9.17, 15) is 9.90 Å². The van der Waals surface area contributed by atoms with Crippen LogP contribution in [0.25, 0.3) is 0 Å². The van der Waals surface area contributed by atoms with Crippen LogP contribution in [-0.4, -0.2) is 26.9 Å². The SMILES string of the molecule is O=C(O)C1(c2ccccn2)N=NC(c2ccncc2)=N1. The third kappa shape index (κ3) is 1.85. The molecule has 2 aromatic heterocycles. The summed E-state index contributed by atoms with van der Waals surface area (Å²) < 4.78 is 0. The van der Waals surface area contributed by atoms with Crippen molar-refractivity contribution in [1.82, 2.24) is 9.97 Å². The van der Waals surface area contributed by atoms with E-state index in [1.54, 1.807) is 42.7 Å². The van der Waals surface area contributed by atoms with Crippen molar-refractivity contribution in [2.45, 2.75) is 5.66 Å². The zero-order valence-corrected chi connectivity index (χ0v) is 10.2. The van der Waals surface area contributed by atoms with Crippen LogP contribution in [0.2, 0.25) is 0 Å². The molecular weight excluding hydrogens is 258 g/mol. The summed E-state index contributed by atoms with van der Waals surface area (Å²) in [7, 11) is 0. The number of aliphatic imine (C=N–C) groups is 1. The summed E-state index contributed by atoms with van der Waals surface area (Å²) in [6, 6.07) is 8.32. The number of amidine groups is 1. The van der Waals surface area contributed by atoms with E-state index in [1.165, 1.54) is 6.20 Å². The highest BCUT2D eigenvalue weighted by Gasteiger charge is 2.46. The summed E-state index contributed by atoms with van der Waals surface area (Å²) in [6.07, 6.45) is 4.65. The number of carboxylic acid groups (broad SMARTS) is 1. The van der Waals surface area contributed by atoms with Gasteiger partial charge in [-0.1, -0.05) is 6.07 Å². The molecule has 0 aliphatic carbocycles. The first-order valence-electron chi connectivity index (χ1n) is 5.80. The Kier molecular flexibility index (Phi) is 2.79.